The number of halogens is 4. The summed E-state index contributed by atoms with van der Waals surface area (Å²) in [7, 11) is -3.41. The van der Waals surface area contributed by atoms with Gasteiger partial charge in [-0.05, 0) is 48.2 Å². The molecule has 0 radical (unpaired) electrons. The van der Waals surface area contributed by atoms with E-state index in [-0.39, 0.29) is 45.9 Å². The Kier molecular flexibility index (Phi) is 7.76. The number of hydrogen-bond acceptors (Lipinski definition) is 6. The Morgan fingerprint density at radius 3 is 1.52 bits per heavy atom. The van der Waals surface area contributed by atoms with Gasteiger partial charge in [0.15, 0.2) is 9.84 Å². The number of benzene rings is 2. The third kappa shape index (κ3) is 6.73. The molecular weight excluding hydrogens is 510 g/mol. The fraction of sp³-hybridized carbons (Fsp3) is 0.300. The number of hydrogen-bond donors (Lipinski definition) is 0. The van der Waals surface area contributed by atoms with Crippen molar-refractivity contribution in [1.82, 2.24) is 0 Å². The Hall–Kier alpha value is -1.51. The Bertz CT molecular complexity index is 1040. The summed E-state index contributed by atoms with van der Waals surface area (Å²) in [6.45, 7) is 0. The Labute approximate surface area is 199 Å². The molecule has 0 aliphatic carbocycles. The first-order chi connectivity index (χ1) is 14.5. The second-order valence-corrected chi connectivity index (χ2v) is 10.9. The smallest absolute Gasteiger partial charge is 0.311 e. The summed E-state index contributed by atoms with van der Waals surface area (Å²) >= 11 is 23.6. The molecular formula is C20H16Cl4O6S. The minimum atomic E-state index is -3.41. The molecule has 166 valence electrons. The van der Waals surface area contributed by atoms with Crippen molar-refractivity contribution in [3.05, 3.63) is 56.5 Å². The van der Waals surface area contributed by atoms with E-state index in [0.29, 0.717) is 10.0 Å². The molecule has 1 fully saturated rings. The largest absolute Gasteiger partial charge is 0.425 e. The van der Waals surface area contributed by atoms with E-state index in [0.717, 1.165) is 0 Å². The molecule has 0 N–H and O–H groups in total. The predicted octanol–water partition coefficient (Wildman–Crippen LogP) is 5.25. The van der Waals surface area contributed by atoms with Crippen LogP contribution < -0.4 is 9.47 Å². The quantitative estimate of drug-likeness (QED) is 0.378. The van der Waals surface area contributed by atoms with Crippen LogP contribution in [0.2, 0.25) is 20.1 Å². The molecule has 1 heterocycles. The number of esters is 2. The SMILES string of the molecule is O=C(C[C@H]1CS(=O)(=O)C[C@@H]1CC(=O)Oc1ccc(Cl)cc1Cl)Oc1ccc(Cl)cc1Cl. The van der Waals surface area contributed by atoms with Gasteiger partial charge in [0.25, 0.3) is 0 Å². The van der Waals surface area contributed by atoms with E-state index >= 15 is 0 Å². The monoisotopic (exact) mass is 524 g/mol. The molecule has 0 amide bonds. The summed E-state index contributed by atoms with van der Waals surface area (Å²) in [6.07, 6.45) is -0.393. The summed E-state index contributed by atoms with van der Waals surface area (Å²) in [6, 6.07) is 8.75. The van der Waals surface area contributed by atoms with Gasteiger partial charge in [0.2, 0.25) is 0 Å². The van der Waals surface area contributed by atoms with Crippen LogP contribution in [0.1, 0.15) is 12.8 Å². The molecule has 0 bridgehead atoms. The summed E-state index contributed by atoms with van der Waals surface area (Å²) in [5, 5.41) is 1.07. The van der Waals surface area contributed by atoms with Crippen LogP contribution >= 0.6 is 46.4 Å². The van der Waals surface area contributed by atoms with Crippen molar-refractivity contribution in [3.8, 4) is 11.5 Å². The summed E-state index contributed by atoms with van der Waals surface area (Å²) in [4.78, 5) is 24.7. The Morgan fingerprint density at radius 2 is 1.16 bits per heavy atom. The van der Waals surface area contributed by atoms with Crippen molar-refractivity contribution in [3.63, 3.8) is 0 Å². The molecule has 6 nitrogen and oxygen atoms in total. The van der Waals surface area contributed by atoms with E-state index in [1.165, 1.54) is 36.4 Å². The van der Waals surface area contributed by atoms with Gasteiger partial charge in [-0.2, -0.15) is 0 Å². The number of carbonyl (C=O) groups is 2. The van der Waals surface area contributed by atoms with Gasteiger partial charge in [-0.25, -0.2) is 8.42 Å². The lowest BCUT2D eigenvalue weighted by Crippen LogP contribution is -2.23. The molecule has 2 aromatic rings. The van der Waals surface area contributed by atoms with Crippen LogP contribution in [-0.4, -0.2) is 31.9 Å². The highest BCUT2D eigenvalue weighted by Gasteiger charge is 2.40. The van der Waals surface area contributed by atoms with Crippen molar-refractivity contribution >= 4 is 68.2 Å². The van der Waals surface area contributed by atoms with Gasteiger partial charge in [0.1, 0.15) is 11.5 Å². The first-order valence-electron chi connectivity index (χ1n) is 9.04. The zero-order chi connectivity index (χ0) is 22.8. The topological polar surface area (TPSA) is 86.7 Å². The maximum absolute atomic E-state index is 12.4. The molecule has 0 spiro atoms. The molecule has 1 saturated heterocycles. The van der Waals surface area contributed by atoms with Crippen LogP contribution in [0.15, 0.2) is 36.4 Å². The van der Waals surface area contributed by atoms with Crippen LogP contribution in [0.25, 0.3) is 0 Å². The van der Waals surface area contributed by atoms with Gasteiger partial charge in [-0.1, -0.05) is 46.4 Å². The first kappa shape index (κ1) is 24.1. The lowest BCUT2D eigenvalue weighted by molar-refractivity contribution is -0.138. The van der Waals surface area contributed by atoms with Gasteiger partial charge >= 0.3 is 11.9 Å². The predicted molar refractivity (Wildman–Crippen MR) is 119 cm³/mol. The van der Waals surface area contributed by atoms with Crippen molar-refractivity contribution in [2.24, 2.45) is 11.8 Å². The van der Waals surface area contributed by atoms with Gasteiger partial charge in [0, 0.05) is 10.0 Å². The highest BCUT2D eigenvalue weighted by atomic mass is 35.5. The van der Waals surface area contributed by atoms with Crippen LogP contribution in [0.4, 0.5) is 0 Å². The van der Waals surface area contributed by atoms with Gasteiger partial charge in [-0.15, -0.1) is 0 Å². The Balaban J connectivity index is 1.64. The van der Waals surface area contributed by atoms with Gasteiger partial charge in [0.05, 0.1) is 34.4 Å². The maximum Gasteiger partial charge on any atom is 0.311 e. The molecule has 2 aromatic carbocycles. The summed E-state index contributed by atoms with van der Waals surface area (Å²) < 4.78 is 34.7. The fourth-order valence-corrected chi connectivity index (χ4v) is 6.43. The molecule has 11 heteroatoms. The molecule has 0 aromatic heterocycles. The average molecular weight is 526 g/mol. The van der Waals surface area contributed by atoms with Crippen LogP contribution in [0, 0.1) is 11.8 Å². The van der Waals surface area contributed by atoms with Gasteiger partial charge in [-0.3, -0.25) is 9.59 Å². The highest BCUT2D eigenvalue weighted by Crippen LogP contribution is 2.34. The maximum atomic E-state index is 12.4. The zero-order valence-electron chi connectivity index (χ0n) is 15.8. The minimum Gasteiger partial charge on any atom is -0.425 e. The van der Waals surface area contributed by atoms with Crippen LogP contribution in [0.3, 0.4) is 0 Å². The third-order valence-electron chi connectivity index (χ3n) is 4.70. The molecule has 2 atom stereocenters. The molecule has 0 saturated carbocycles. The fourth-order valence-electron chi connectivity index (χ4n) is 3.32. The lowest BCUT2D eigenvalue weighted by Gasteiger charge is -2.17. The second-order valence-electron chi connectivity index (χ2n) is 7.10. The molecule has 1 aliphatic heterocycles. The van der Waals surface area contributed by atoms with Crippen LogP contribution in [-0.2, 0) is 19.4 Å². The number of ether oxygens (including phenoxy) is 2. The molecule has 0 unspecified atom stereocenters. The standard InChI is InChI=1S/C20H16Cl4O6S/c21-13-1-3-17(15(23)7-13)29-19(25)5-11-9-31(27,28)10-12(11)6-20(26)30-18-4-2-14(22)8-16(18)24/h1-4,7-8,11-12H,5-6,9-10H2/t11-,12-/m0/s1. The number of carbonyl (C=O) groups excluding carboxylic acids is 2. The highest BCUT2D eigenvalue weighted by molar-refractivity contribution is 7.91. The normalized spacial score (nSPS) is 19.7. The third-order valence-corrected chi connectivity index (χ3v) is 7.63. The second kappa shape index (κ2) is 9.96. The van der Waals surface area contributed by atoms with Crippen LogP contribution in [0.5, 0.6) is 11.5 Å². The van der Waals surface area contributed by atoms with E-state index in [2.05, 4.69) is 0 Å². The number of rotatable bonds is 6. The van der Waals surface area contributed by atoms with E-state index in [1.54, 1.807) is 0 Å². The van der Waals surface area contributed by atoms with E-state index in [1.807, 2.05) is 0 Å². The first-order valence-corrected chi connectivity index (χ1v) is 12.4. The zero-order valence-corrected chi connectivity index (χ0v) is 19.7. The molecule has 3 rings (SSSR count). The Morgan fingerprint density at radius 1 is 0.774 bits per heavy atom. The van der Waals surface area contributed by atoms with E-state index < -0.39 is 33.6 Å². The molecule has 31 heavy (non-hydrogen) atoms. The van der Waals surface area contributed by atoms with Crippen molar-refractivity contribution in [1.29, 1.82) is 0 Å². The van der Waals surface area contributed by atoms with Crippen molar-refractivity contribution < 1.29 is 27.5 Å². The number of sulfone groups is 1. The van der Waals surface area contributed by atoms with Gasteiger partial charge < -0.3 is 9.47 Å². The lowest BCUT2D eigenvalue weighted by atomic mass is 9.90. The van der Waals surface area contributed by atoms with Crippen molar-refractivity contribution in [2.75, 3.05) is 11.5 Å². The van der Waals surface area contributed by atoms with E-state index in [9.17, 15) is 18.0 Å². The average Bonchev–Trinajstić information content (AvgIpc) is 2.92. The summed E-state index contributed by atoms with van der Waals surface area (Å²) in [5.41, 5.74) is 0. The van der Waals surface area contributed by atoms with Crippen molar-refractivity contribution in [2.45, 2.75) is 12.8 Å². The summed E-state index contributed by atoms with van der Waals surface area (Å²) in [5.74, 6) is -2.74. The molecule has 1 aliphatic rings. The van der Waals surface area contributed by atoms with E-state index in [4.69, 9.17) is 55.9 Å². The minimum absolute atomic E-state index is 0.116.